The lowest BCUT2D eigenvalue weighted by Gasteiger charge is -2.55. The third-order valence-electron chi connectivity index (χ3n) is 4.57. The van der Waals surface area contributed by atoms with Gasteiger partial charge >= 0.3 is 0 Å². The van der Waals surface area contributed by atoms with Crippen LogP contribution in [0.15, 0.2) is 22.7 Å². The molecule has 1 aliphatic heterocycles. The first kappa shape index (κ1) is 13.8. The van der Waals surface area contributed by atoms with E-state index in [1.54, 1.807) is 12.1 Å². The van der Waals surface area contributed by atoms with E-state index in [-0.39, 0.29) is 22.1 Å². The smallest absolute Gasteiger partial charge is 0.271 e. The molecule has 2 fully saturated rings. The maximum atomic E-state index is 10.9. The van der Waals surface area contributed by atoms with Crippen LogP contribution in [0.25, 0.3) is 0 Å². The predicted octanol–water partition coefficient (Wildman–Crippen LogP) is 3.58. The zero-order valence-corrected chi connectivity index (χ0v) is 13.0. The molecule has 0 bridgehead atoms. The molecule has 1 saturated heterocycles. The van der Waals surface area contributed by atoms with E-state index in [4.69, 9.17) is 4.74 Å². The van der Waals surface area contributed by atoms with E-state index in [2.05, 4.69) is 35.1 Å². The molecule has 1 aromatic rings. The van der Waals surface area contributed by atoms with E-state index in [9.17, 15) is 10.1 Å². The van der Waals surface area contributed by atoms with Gasteiger partial charge in [0, 0.05) is 40.6 Å². The number of ether oxygens (including phenoxy) is 1. The van der Waals surface area contributed by atoms with E-state index in [0.717, 1.165) is 23.2 Å². The van der Waals surface area contributed by atoms with Gasteiger partial charge in [0.2, 0.25) is 0 Å². The number of hydrogen-bond acceptors (Lipinski definition) is 4. The van der Waals surface area contributed by atoms with Crippen molar-refractivity contribution < 1.29 is 9.66 Å². The summed E-state index contributed by atoms with van der Waals surface area (Å²) in [6.07, 6.45) is 1.36. The third-order valence-corrected chi connectivity index (χ3v) is 5.26. The summed E-state index contributed by atoms with van der Waals surface area (Å²) >= 11 is 3.46. The molecule has 0 spiro atoms. The summed E-state index contributed by atoms with van der Waals surface area (Å²) in [7, 11) is 0. The van der Waals surface area contributed by atoms with Crippen molar-refractivity contribution in [2.45, 2.75) is 32.4 Å². The Labute approximate surface area is 126 Å². The van der Waals surface area contributed by atoms with Crippen LogP contribution in [0.2, 0.25) is 0 Å². The molecule has 3 unspecified atom stereocenters. The van der Waals surface area contributed by atoms with Crippen molar-refractivity contribution in [3.8, 4) is 0 Å². The van der Waals surface area contributed by atoms with Crippen LogP contribution >= 0.6 is 15.9 Å². The highest BCUT2D eigenvalue weighted by Gasteiger charge is 2.59. The fraction of sp³-hybridized carbons (Fsp3) is 0.571. The Kier molecular flexibility index (Phi) is 3.25. The van der Waals surface area contributed by atoms with Gasteiger partial charge in [-0.3, -0.25) is 10.1 Å². The second kappa shape index (κ2) is 4.70. The number of nitro groups is 1. The number of halogens is 1. The predicted molar refractivity (Wildman–Crippen MR) is 79.8 cm³/mol. The molecule has 3 rings (SSSR count). The Hall–Kier alpha value is -1.14. The minimum absolute atomic E-state index is 0.0469. The van der Waals surface area contributed by atoms with Crippen molar-refractivity contribution in [3.05, 3.63) is 32.8 Å². The Morgan fingerprint density at radius 1 is 1.50 bits per heavy atom. The molecule has 5 nitrogen and oxygen atoms in total. The first-order chi connectivity index (χ1) is 9.41. The van der Waals surface area contributed by atoms with Crippen LogP contribution in [0.5, 0.6) is 0 Å². The standard InChI is InChI=1S/C14H17BrN2O3/c1-14(2)12(9-5-6-20-13(9)14)16-11-7-8(17(18)19)3-4-10(11)15/h3-4,7,9,12-13,16H,5-6H2,1-2H3. The second-order valence-corrected chi connectivity index (χ2v) is 6.96. The highest BCUT2D eigenvalue weighted by atomic mass is 79.9. The van der Waals surface area contributed by atoms with E-state index in [0.29, 0.717) is 12.0 Å². The Morgan fingerprint density at radius 2 is 2.25 bits per heavy atom. The zero-order valence-electron chi connectivity index (χ0n) is 11.4. The van der Waals surface area contributed by atoms with Crippen molar-refractivity contribution >= 4 is 27.3 Å². The number of hydrogen-bond donors (Lipinski definition) is 1. The molecule has 0 amide bonds. The Morgan fingerprint density at radius 3 is 2.95 bits per heavy atom. The lowest BCUT2D eigenvalue weighted by atomic mass is 9.57. The van der Waals surface area contributed by atoms with E-state index in [1.165, 1.54) is 6.07 Å². The molecule has 2 aliphatic rings. The summed E-state index contributed by atoms with van der Waals surface area (Å²) in [6, 6.07) is 5.09. The number of rotatable bonds is 3. The molecule has 6 heteroatoms. The maximum Gasteiger partial charge on any atom is 0.271 e. The lowest BCUT2D eigenvalue weighted by Crippen LogP contribution is -2.63. The molecule has 1 aromatic carbocycles. The Balaban J connectivity index is 1.84. The molecule has 1 N–H and O–H groups in total. The van der Waals surface area contributed by atoms with Gasteiger partial charge in [0.1, 0.15) is 0 Å². The number of nitrogens with zero attached hydrogens (tertiary/aromatic N) is 1. The highest BCUT2D eigenvalue weighted by molar-refractivity contribution is 9.10. The normalized spacial score (nSPS) is 30.4. The van der Waals surface area contributed by atoms with Gasteiger partial charge in [0.15, 0.2) is 0 Å². The number of nitrogens with one attached hydrogen (secondary N) is 1. The molecular weight excluding hydrogens is 324 g/mol. The molecule has 20 heavy (non-hydrogen) atoms. The number of benzene rings is 1. The summed E-state index contributed by atoms with van der Waals surface area (Å²) in [5.41, 5.74) is 0.931. The third kappa shape index (κ3) is 2.02. The van der Waals surface area contributed by atoms with Crippen LogP contribution < -0.4 is 5.32 Å². The molecular formula is C14H17BrN2O3. The quantitative estimate of drug-likeness (QED) is 0.674. The van der Waals surface area contributed by atoms with Crippen LogP contribution in [0, 0.1) is 21.4 Å². The summed E-state index contributed by atoms with van der Waals surface area (Å²) in [5, 5.41) is 14.4. The van der Waals surface area contributed by atoms with E-state index in [1.807, 2.05) is 0 Å². The second-order valence-electron chi connectivity index (χ2n) is 6.11. The SMILES string of the molecule is CC1(C)C(Nc2cc([N+](=O)[O-])ccc2Br)C2CCOC21. The van der Waals surface area contributed by atoms with Gasteiger partial charge in [-0.25, -0.2) is 0 Å². The van der Waals surface area contributed by atoms with E-state index >= 15 is 0 Å². The molecule has 3 atom stereocenters. The molecule has 1 aliphatic carbocycles. The van der Waals surface area contributed by atoms with Crippen LogP contribution in [-0.4, -0.2) is 23.7 Å². The van der Waals surface area contributed by atoms with Gasteiger partial charge in [0.05, 0.1) is 16.7 Å². The number of anilines is 1. The van der Waals surface area contributed by atoms with Crippen LogP contribution in [0.1, 0.15) is 20.3 Å². The molecule has 1 heterocycles. The van der Waals surface area contributed by atoms with Crippen molar-refractivity contribution in [1.29, 1.82) is 0 Å². The van der Waals surface area contributed by atoms with Gasteiger partial charge in [-0.1, -0.05) is 13.8 Å². The molecule has 0 radical (unpaired) electrons. The summed E-state index contributed by atoms with van der Waals surface area (Å²) in [5.74, 6) is 0.496. The molecule has 108 valence electrons. The van der Waals surface area contributed by atoms with Gasteiger partial charge < -0.3 is 10.1 Å². The van der Waals surface area contributed by atoms with Crippen LogP contribution in [0.4, 0.5) is 11.4 Å². The Bertz CT molecular complexity index is 561. The van der Waals surface area contributed by atoms with E-state index < -0.39 is 0 Å². The monoisotopic (exact) mass is 340 g/mol. The van der Waals surface area contributed by atoms with Gasteiger partial charge in [-0.05, 0) is 28.4 Å². The summed E-state index contributed by atoms with van der Waals surface area (Å²) in [4.78, 5) is 10.5. The van der Waals surface area contributed by atoms with Crippen molar-refractivity contribution in [2.75, 3.05) is 11.9 Å². The largest absolute Gasteiger partial charge is 0.380 e. The fourth-order valence-corrected chi connectivity index (χ4v) is 3.88. The van der Waals surface area contributed by atoms with Gasteiger partial charge in [-0.15, -0.1) is 0 Å². The van der Waals surface area contributed by atoms with Crippen LogP contribution in [-0.2, 0) is 4.74 Å². The average Bonchev–Trinajstić information content (AvgIpc) is 2.84. The minimum atomic E-state index is -0.370. The first-order valence-corrected chi connectivity index (χ1v) is 7.52. The number of non-ortho nitro benzene ring substituents is 1. The van der Waals surface area contributed by atoms with Gasteiger partial charge in [-0.2, -0.15) is 0 Å². The minimum Gasteiger partial charge on any atom is -0.380 e. The van der Waals surface area contributed by atoms with Crippen molar-refractivity contribution in [1.82, 2.24) is 0 Å². The van der Waals surface area contributed by atoms with Crippen LogP contribution in [0.3, 0.4) is 0 Å². The highest BCUT2D eigenvalue weighted by Crippen LogP contribution is 2.53. The number of nitro benzene ring substituents is 1. The average molecular weight is 341 g/mol. The topological polar surface area (TPSA) is 64.4 Å². The first-order valence-electron chi connectivity index (χ1n) is 6.73. The van der Waals surface area contributed by atoms with Crippen molar-refractivity contribution in [3.63, 3.8) is 0 Å². The van der Waals surface area contributed by atoms with Gasteiger partial charge in [0.25, 0.3) is 5.69 Å². The fourth-order valence-electron chi connectivity index (χ4n) is 3.52. The zero-order chi connectivity index (χ0) is 14.5. The molecule has 1 saturated carbocycles. The lowest BCUT2D eigenvalue weighted by molar-refractivity contribution is -0.384. The summed E-state index contributed by atoms with van der Waals surface area (Å²) in [6.45, 7) is 5.18. The maximum absolute atomic E-state index is 10.9. The van der Waals surface area contributed by atoms with Crippen molar-refractivity contribution in [2.24, 2.45) is 11.3 Å². The molecule has 0 aromatic heterocycles. The number of fused-ring (bicyclic) bond motifs is 1. The summed E-state index contributed by atoms with van der Waals surface area (Å²) < 4.78 is 6.62.